The van der Waals surface area contributed by atoms with Crippen molar-refractivity contribution in [2.45, 2.75) is 32.4 Å². The van der Waals surface area contributed by atoms with Gasteiger partial charge >= 0.3 is 6.03 Å². The summed E-state index contributed by atoms with van der Waals surface area (Å²) in [5.41, 5.74) is 0.903. The summed E-state index contributed by atoms with van der Waals surface area (Å²) in [5, 5.41) is 8.55. The largest absolute Gasteiger partial charge is 0.376 e. The molecule has 1 saturated heterocycles. The maximum Gasteiger partial charge on any atom is 0.315 e. The fraction of sp³-hybridized carbons (Fsp3) is 0.636. The fourth-order valence-electron chi connectivity index (χ4n) is 1.73. The van der Waals surface area contributed by atoms with Gasteiger partial charge < -0.3 is 15.4 Å². The summed E-state index contributed by atoms with van der Waals surface area (Å²) in [6, 6.07) is -0.161. The van der Waals surface area contributed by atoms with Crippen molar-refractivity contribution in [3.63, 3.8) is 0 Å². The van der Waals surface area contributed by atoms with Crippen molar-refractivity contribution in [3.8, 4) is 0 Å². The molecule has 2 heterocycles. The van der Waals surface area contributed by atoms with Crippen LogP contribution in [0.15, 0.2) is 5.38 Å². The summed E-state index contributed by atoms with van der Waals surface area (Å²) in [6.45, 7) is 3.82. The minimum absolute atomic E-state index is 0.161. The number of nitrogens with one attached hydrogen (secondary N) is 2. The van der Waals surface area contributed by atoms with E-state index in [1.165, 1.54) is 0 Å². The zero-order valence-corrected chi connectivity index (χ0v) is 10.7. The van der Waals surface area contributed by atoms with Gasteiger partial charge in [-0.25, -0.2) is 9.78 Å². The lowest BCUT2D eigenvalue weighted by Gasteiger charge is -2.11. The molecule has 17 heavy (non-hydrogen) atoms. The number of amides is 2. The van der Waals surface area contributed by atoms with Gasteiger partial charge in [0.25, 0.3) is 0 Å². The van der Waals surface area contributed by atoms with Gasteiger partial charge in [0.1, 0.15) is 0 Å². The van der Waals surface area contributed by atoms with Crippen molar-refractivity contribution in [2.24, 2.45) is 0 Å². The van der Waals surface area contributed by atoms with Crippen LogP contribution in [0.5, 0.6) is 0 Å². The molecule has 0 radical (unpaired) electrons. The van der Waals surface area contributed by atoms with Gasteiger partial charge in [-0.1, -0.05) is 0 Å². The number of nitrogens with zero attached hydrogens (tertiary/aromatic N) is 1. The Kier molecular flexibility index (Phi) is 4.33. The first kappa shape index (κ1) is 12.3. The van der Waals surface area contributed by atoms with Crippen LogP contribution in [-0.4, -0.2) is 30.3 Å². The standard InChI is InChI=1S/C11H17N3O2S/c1-8-14-9(7-17-8)5-12-11(15)13-6-10-3-2-4-16-10/h7,10H,2-6H2,1H3,(H2,12,13,15)/t10-/m0/s1. The molecule has 0 saturated carbocycles. The van der Waals surface area contributed by atoms with Crippen LogP contribution in [-0.2, 0) is 11.3 Å². The van der Waals surface area contributed by atoms with Crippen LogP contribution in [0.2, 0.25) is 0 Å². The van der Waals surface area contributed by atoms with E-state index >= 15 is 0 Å². The molecule has 1 aliphatic rings. The number of urea groups is 1. The molecule has 0 aromatic carbocycles. The van der Waals surface area contributed by atoms with Crippen LogP contribution in [0.1, 0.15) is 23.5 Å². The Hall–Kier alpha value is -1.14. The number of carbonyl (C=O) groups excluding carboxylic acids is 1. The summed E-state index contributed by atoms with van der Waals surface area (Å²) in [6.07, 6.45) is 2.31. The highest BCUT2D eigenvalue weighted by molar-refractivity contribution is 7.09. The third-order valence-electron chi connectivity index (χ3n) is 2.61. The number of ether oxygens (including phenoxy) is 1. The topological polar surface area (TPSA) is 63.2 Å². The summed E-state index contributed by atoms with van der Waals surface area (Å²) in [5.74, 6) is 0. The van der Waals surface area contributed by atoms with Crippen LogP contribution in [0.4, 0.5) is 4.79 Å². The first-order chi connectivity index (χ1) is 8.24. The molecule has 1 aromatic heterocycles. The molecule has 1 fully saturated rings. The Bertz CT molecular complexity index is 375. The van der Waals surface area contributed by atoms with Crippen molar-refractivity contribution in [3.05, 3.63) is 16.1 Å². The van der Waals surface area contributed by atoms with Crippen LogP contribution in [0.3, 0.4) is 0 Å². The highest BCUT2D eigenvalue weighted by Crippen LogP contribution is 2.10. The van der Waals surface area contributed by atoms with Gasteiger partial charge in [0.2, 0.25) is 0 Å². The summed E-state index contributed by atoms with van der Waals surface area (Å²) in [4.78, 5) is 15.7. The molecule has 0 bridgehead atoms. The molecule has 5 nitrogen and oxygen atoms in total. The highest BCUT2D eigenvalue weighted by atomic mass is 32.1. The van der Waals surface area contributed by atoms with E-state index in [9.17, 15) is 4.79 Å². The third-order valence-corrected chi connectivity index (χ3v) is 3.43. The smallest absolute Gasteiger partial charge is 0.315 e. The molecule has 0 aliphatic carbocycles. The normalized spacial score (nSPS) is 19.2. The SMILES string of the molecule is Cc1nc(CNC(=O)NC[C@@H]2CCCO2)cs1. The van der Waals surface area contributed by atoms with Crippen molar-refractivity contribution < 1.29 is 9.53 Å². The lowest BCUT2D eigenvalue weighted by atomic mass is 10.2. The maximum absolute atomic E-state index is 11.5. The number of hydrogen-bond acceptors (Lipinski definition) is 4. The van der Waals surface area contributed by atoms with Crippen LogP contribution < -0.4 is 10.6 Å². The molecule has 1 aliphatic heterocycles. The van der Waals surface area contributed by atoms with E-state index in [1.807, 2.05) is 12.3 Å². The minimum atomic E-state index is -0.161. The Morgan fingerprint density at radius 1 is 1.65 bits per heavy atom. The molecule has 1 aromatic rings. The summed E-state index contributed by atoms with van der Waals surface area (Å²) in [7, 11) is 0. The van der Waals surface area contributed by atoms with Crippen molar-refractivity contribution >= 4 is 17.4 Å². The molecule has 2 N–H and O–H groups in total. The van der Waals surface area contributed by atoms with Crippen LogP contribution in [0.25, 0.3) is 0 Å². The molecule has 0 unspecified atom stereocenters. The molecule has 2 rings (SSSR count). The highest BCUT2D eigenvalue weighted by Gasteiger charge is 2.15. The van der Waals surface area contributed by atoms with Gasteiger partial charge in [0, 0.05) is 18.5 Å². The lowest BCUT2D eigenvalue weighted by Crippen LogP contribution is -2.39. The zero-order valence-electron chi connectivity index (χ0n) is 9.86. The van der Waals surface area contributed by atoms with E-state index in [2.05, 4.69) is 15.6 Å². The van der Waals surface area contributed by atoms with Crippen molar-refractivity contribution in [2.75, 3.05) is 13.2 Å². The van der Waals surface area contributed by atoms with E-state index in [4.69, 9.17) is 4.74 Å². The Labute approximate surface area is 105 Å². The number of aryl methyl sites for hydroxylation is 1. The van der Waals surface area contributed by atoms with Crippen LogP contribution in [0, 0.1) is 6.92 Å². The van der Waals surface area contributed by atoms with E-state index in [-0.39, 0.29) is 12.1 Å². The van der Waals surface area contributed by atoms with E-state index in [0.717, 1.165) is 30.2 Å². The van der Waals surface area contributed by atoms with Gasteiger partial charge in [-0.15, -0.1) is 11.3 Å². The maximum atomic E-state index is 11.5. The zero-order chi connectivity index (χ0) is 12.1. The average molecular weight is 255 g/mol. The monoisotopic (exact) mass is 255 g/mol. The average Bonchev–Trinajstić information content (AvgIpc) is 2.95. The number of hydrogen-bond donors (Lipinski definition) is 2. The Morgan fingerprint density at radius 3 is 3.18 bits per heavy atom. The van der Waals surface area contributed by atoms with E-state index < -0.39 is 0 Å². The quantitative estimate of drug-likeness (QED) is 0.855. The molecular formula is C11H17N3O2S. The minimum Gasteiger partial charge on any atom is -0.376 e. The second-order valence-corrected chi connectivity index (χ2v) is 5.12. The lowest BCUT2D eigenvalue weighted by molar-refractivity contribution is 0.111. The molecular weight excluding hydrogens is 238 g/mol. The Morgan fingerprint density at radius 2 is 2.53 bits per heavy atom. The van der Waals surface area contributed by atoms with E-state index in [1.54, 1.807) is 11.3 Å². The Balaban J connectivity index is 1.63. The molecule has 6 heteroatoms. The predicted molar refractivity (Wildman–Crippen MR) is 66.1 cm³/mol. The van der Waals surface area contributed by atoms with Gasteiger partial charge in [-0.3, -0.25) is 0 Å². The van der Waals surface area contributed by atoms with Gasteiger partial charge in [-0.05, 0) is 19.8 Å². The number of aromatic nitrogens is 1. The van der Waals surface area contributed by atoms with Crippen LogP contribution >= 0.6 is 11.3 Å². The second kappa shape index (κ2) is 5.97. The van der Waals surface area contributed by atoms with Crippen molar-refractivity contribution in [1.29, 1.82) is 0 Å². The van der Waals surface area contributed by atoms with Gasteiger partial charge in [0.15, 0.2) is 0 Å². The van der Waals surface area contributed by atoms with Gasteiger partial charge in [0.05, 0.1) is 23.4 Å². The summed E-state index contributed by atoms with van der Waals surface area (Å²) < 4.78 is 5.42. The number of thiazole rings is 1. The predicted octanol–water partition coefficient (Wildman–Crippen LogP) is 1.43. The fourth-order valence-corrected chi connectivity index (χ4v) is 2.35. The molecule has 1 atom stereocenters. The first-order valence-electron chi connectivity index (χ1n) is 5.78. The molecule has 94 valence electrons. The number of rotatable bonds is 4. The third kappa shape index (κ3) is 3.98. The first-order valence-corrected chi connectivity index (χ1v) is 6.66. The van der Waals surface area contributed by atoms with Crippen molar-refractivity contribution in [1.82, 2.24) is 15.6 Å². The second-order valence-electron chi connectivity index (χ2n) is 4.06. The molecule has 0 spiro atoms. The van der Waals surface area contributed by atoms with Gasteiger partial charge in [-0.2, -0.15) is 0 Å². The number of carbonyl (C=O) groups is 1. The van der Waals surface area contributed by atoms with E-state index in [0.29, 0.717) is 13.1 Å². The summed E-state index contributed by atoms with van der Waals surface area (Å²) >= 11 is 1.59. The molecule has 2 amide bonds.